The maximum absolute atomic E-state index is 11.8. The van der Waals surface area contributed by atoms with Crippen LogP contribution in [0.4, 0.5) is 10.5 Å². The summed E-state index contributed by atoms with van der Waals surface area (Å²) < 4.78 is 6.64. The summed E-state index contributed by atoms with van der Waals surface area (Å²) in [7, 11) is 0. The smallest absolute Gasteiger partial charge is 0.331 e. The Morgan fingerprint density at radius 2 is 2.41 bits per heavy atom. The van der Waals surface area contributed by atoms with Crippen molar-refractivity contribution in [1.29, 1.82) is 0 Å². The number of hydrogen-bond acceptors (Lipinski definition) is 4. The second-order valence-electron chi connectivity index (χ2n) is 3.19. The predicted molar refractivity (Wildman–Crippen MR) is 62.0 cm³/mol. The first-order valence-corrected chi connectivity index (χ1v) is 5.18. The average Bonchev–Trinajstić information content (AvgIpc) is 2.85. The molecule has 2 heterocycles. The third-order valence-electron chi connectivity index (χ3n) is 2.03. The van der Waals surface area contributed by atoms with Crippen LogP contribution in [-0.4, -0.2) is 27.2 Å². The first-order valence-electron chi connectivity index (χ1n) is 5.18. The molecule has 6 heteroatoms. The van der Waals surface area contributed by atoms with E-state index in [1.807, 2.05) is 6.92 Å². The van der Waals surface area contributed by atoms with Gasteiger partial charge in [0, 0.05) is 18.6 Å². The minimum atomic E-state index is -0.309. The maximum atomic E-state index is 11.8. The van der Waals surface area contributed by atoms with E-state index in [1.54, 1.807) is 24.5 Å². The quantitative estimate of drug-likeness (QED) is 0.875. The molecule has 6 nitrogen and oxygen atoms in total. The van der Waals surface area contributed by atoms with E-state index in [1.165, 1.54) is 17.1 Å². The zero-order chi connectivity index (χ0) is 12.1. The molecule has 0 saturated heterocycles. The van der Waals surface area contributed by atoms with Crippen molar-refractivity contribution in [2.45, 2.75) is 6.92 Å². The molecule has 2 aromatic heterocycles. The minimum Gasteiger partial charge on any atom is -0.476 e. The highest BCUT2D eigenvalue weighted by Gasteiger charge is 2.09. The lowest BCUT2D eigenvalue weighted by atomic mass is 10.4. The molecular formula is C11H12N4O2. The van der Waals surface area contributed by atoms with Crippen molar-refractivity contribution < 1.29 is 9.53 Å². The molecule has 2 rings (SSSR count). The average molecular weight is 232 g/mol. The highest BCUT2D eigenvalue weighted by Crippen LogP contribution is 2.20. The van der Waals surface area contributed by atoms with Crippen LogP contribution in [0.3, 0.4) is 0 Å². The molecule has 0 unspecified atom stereocenters. The van der Waals surface area contributed by atoms with Crippen LogP contribution in [0, 0.1) is 0 Å². The number of nitrogens with one attached hydrogen (secondary N) is 1. The number of amides is 1. The molecule has 0 aliphatic rings. The third-order valence-corrected chi connectivity index (χ3v) is 2.03. The first kappa shape index (κ1) is 11.1. The van der Waals surface area contributed by atoms with Gasteiger partial charge in [-0.2, -0.15) is 0 Å². The molecule has 2 aromatic rings. The Bertz CT molecular complexity index is 496. The van der Waals surface area contributed by atoms with Crippen molar-refractivity contribution in [2.24, 2.45) is 0 Å². The molecule has 0 atom stereocenters. The molecule has 0 radical (unpaired) electrons. The van der Waals surface area contributed by atoms with Gasteiger partial charge in [-0.3, -0.25) is 4.57 Å². The number of ether oxygens (including phenoxy) is 1. The summed E-state index contributed by atoms with van der Waals surface area (Å²) in [5, 5.41) is 2.69. The molecule has 88 valence electrons. The second-order valence-corrected chi connectivity index (χ2v) is 3.19. The van der Waals surface area contributed by atoms with Gasteiger partial charge in [0.15, 0.2) is 0 Å². The van der Waals surface area contributed by atoms with Crippen molar-refractivity contribution in [3.63, 3.8) is 0 Å². The van der Waals surface area contributed by atoms with Gasteiger partial charge in [0.05, 0.1) is 6.61 Å². The fourth-order valence-electron chi connectivity index (χ4n) is 1.30. The van der Waals surface area contributed by atoms with E-state index < -0.39 is 0 Å². The summed E-state index contributed by atoms with van der Waals surface area (Å²) in [4.78, 5) is 19.6. The minimum absolute atomic E-state index is 0.309. The summed E-state index contributed by atoms with van der Waals surface area (Å²) >= 11 is 0. The van der Waals surface area contributed by atoms with E-state index in [0.29, 0.717) is 18.2 Å². The lowest BCUT2D eigenvalue weighted by Crippen LogP contribution is -2.18. The van der Waals surface area contributed by atoms with Gasteiger partial charge in [0.1, 0.15) is 12.0 Å². The number of pyridine rings is 1. The second kappa shape index (κ2) is 5.11. The van der Waals surface area contributed by atoms with Crippen molar-refractivity contribution in [2.75, 3.05) is 11.9 Å². The Kier molecular flexibility index (Phi) is 3.34. The fraction of sp³-hybridized carbons (Fsp3) is 0.182. The number of carbonyl (C=O) groups excluding carboxylic acids is 1. The summed E-state index contributed by atoms with van der Waals surface area (Å²) in [6, 6.07) is 3.15. The number of imidazole rings is 1. The number of rotatable bonds is 3. The van der Waals surface area contributed by atoms with Crippen molar-refractivity contribution >= 4 is 11.7 Å². The Balaban J connectivity index is 2.15. The van der Waals surface area contributed by atoms with Crippen LogP contribution in [0.25, 0.3) is 0 Å². The van der Waals surface area contributed by atoms with Crippen LogP contribution in [0.2, 0.25) is 0 Å². The third kappa shape index (κ3) is 2.60. The van der Waals surface area contributed by atoms with E-state index in [4.69, 9.17) is 4.74 Å². The zero-order valence-corrected chi connectivity index (χ0v) is 9.33. The van der Waals surface area contributed by atoms with Gasteiger partial charge in [0.25, 0.3) is 0 Å². The van der Waals surface area contributed by atoms with Gasteiger partial charge in [-0.05, 0) is 19.1 Å². The molecular weight excluding hydrogens is 220 g/mol. The number of hydrogen-bond donors (Lipinski definition) is 1. The lowest BCUT2D eigenvalue weighted by Gasteiger charge is -2.09. The van der Waals surface area contributed by atoms with Crippen molar-refractivity contribution in [3.05, 3.63) is 37.1 Å². The Labute approximate surface area is 98.3 Å². The monoisotopic (exact) mass is 232 g/mol. The molecule has 0 aliphatic carbocycles. The van der Waals surface area contributed by atoms with E-state index in [2.05, 4.69) is 15.3 Å². The highest BCUT2D eigenvalue weighted by molar-refractivity contribution is 5.91. The largest absolute Gasteiger partial charge is 0.476 e. The van der Waals surface area contributed by atoms with E-state index in [-0.39, 0.29) is 6.03 Å². The van der Waals surface area contributed by atoms with Crippen LogP contribution in [0.15, 0.2) is 37.1 Å². The molecule has 0 bridgehead atoms. The summed E-state index contributed by atoms with van der Waals surface area (Å²) in [5.74, 6) is 0.406. The number of aromatic nitrogens is 3. The van der Waals surface area contributed by atoms with Crippen LogP contribution >= 0.6 is 0 Å². The van der Waals surface area contributed by atoms with Gasteiger partial charge in [-0.15, -0.1) is 0 Å². The van der Waals surface area contributed by atoms with Gasteiger partial charge in [-0.1, -0.05) is 0 Å². The molecule has 0 aromatic carbocycles. The van der Waals surface area contributed by atoms with Crippen LogP contribution in [-0.2, 0) is 0 Å². The molecule has 0 saturated carbocycles. The molecule has 1 amide bonds. The van der Waals surface area contributed by atoms with Crippen LogP contribution in [0.1, 0.15) is 6.92 Å². The summed E-state index contributed by atoms with van der Waals surface area (Å²) in [5.41, 5.74) is 0.535. The van der Waals surface area contributed by atoms with Gasteiger partial charge >= 0.3 is 6.03 Å². The lowest BCUT2D eigenvalue weighted by molar-refractivity contribution is 0.253. The van der Waals surface area contributed by atoms with Gasteiger partial charge in [-0.25, -0.2) is 14.8 Å². The van der Waals surface area contributed by atoms with Crippen LogP contribution in [0.5, 0.6) is 5.88 Å². The van der Waals surface area contributed by atoms with Gasteiger partial charge < -0.3 is 10.1 Å². The zero-order valence-electron chi connectivity index (χ0n) is 9.33. The van der Waals surface area contributed by atoms with E-state index >= 15 is 0 Å². The Morgan fingerprint density at radius 1 is 1.53 bits per heavy atom. The fourth-order valence-corrected chi connectivity index (χ4v) is 1.30. The van der Waals surface area contributed by atoms with Crippen molar-refractivity contribution in [3.8, 4) is 5.88 Å². The standard InChI is InChI=1S/C11H12N4O2/c1-2-17-10-9(4-3-5-13-10)14-11(16)15-7-6-12-8-15/h3-8H,2H2,1H3,(H,14,16). The SMILES string of the molecule is CCOc1ncccc1NC(=O)n1ccnc1. The Morgan fingerprint density at radius 3 is 3.12 bits per heavy atom. The van der Waals surface area contributed by atoms with E-state index in [9.17, 15) is 4.79 Å². The molecule has 17 heavy (non-hydrogen) atoms. The molecule has 0 aliphatic heterocycles. The first-order chi connectivity index (χ1) is 8.31. The summed E-state index contributed by atoms with van der Waals surface area (Å²) in [6.45, 7) is 2.35. The predicted octanol–water partition coefficient (Wildman–Crippen LogP) is 1.76. The summed E-state index contributed by atoms with van der Waals surface area (Å²) in [6.07, 6.45) is 6.13. The van der Waals surface area contributed by atoms with Crippen molar-refractivity contribution in [1.82, 2.24) is 14.5 Å². The molecule has 1 N–H and O–H groups in total. The number of carbonyl (C=O) groups is 1. The van der Waals surface area contributed by atoms with Gasteiger partial charge in [0.2, 0.25) is 5.88 Å². The molecule has 0 fully saturated rings. The topological polar surface area (TPSA) is 69.0 Å². The van der Waals surface area contributed by atoms with Crippen LogP contribution < -0.4 is 10.1 Å². The van der Waals surface area contributed by atoms with E-state index in [0.717, 1.165) is 0 Å². The normalized spacial score (nSPS) is 9.94. The highest BCUT2D eigenvalue weighted by atomic mass is 16.5. The molecule has 0 spiro atoms. The Hall–Kier alpha value is -2.37. The number of anilines is 1. The maximum Gasteiger partial charge on any atom is 0.331 e. The number of nitrogens with zero attached hydrogens (tertiary/aromatic N) is 3.